The Kier molecular flexibility index (Phi) is 7.67. The van der Waals surface area contributed by atoms with Crippen LogP contribution in [0.3, 0.4) is 0 Å². The molecule has 1 amide bonds. The molecule has 0 radical (unpaired) electrons. The number of carbonyl (C=O) groups excluding carboxylic acids is 1. The van der Waals surface area contributed by atoms with Crippen molar-refractivity contribution < 1.29 is 23.4 Å². The van der Waals surface area contributed by atoms with Gasteiger partial charge in [0.15, 0.2) is 0 Å². The van der Waals surface area contributed by atoms with Gasteiger partial charge in [0, 0.05) is 23.7 Å². The number of amides is 1. The number of ether oxygens (including phenoxy) is 3. The molecule has 0 bridgehead atoms. The standard InChI is InChI=1S/C23H22ClFN2O4/c1-16(28)27(15-17-14-20(29-2)9-10-22(17)30-13-11-25)21-4-3-12-26-23(21)31-19-7-5-18(24)6-8-19/h3-10,12,14H,11,13,15H2,1-2H3/i25-1. The lowest BCUT2D eigenvalue weighted by molar-refractivity contribution is -0.116. The fourth-order valence-electron chi connectivity index (χ4n) is 2.91. The third kappa shape index (κ3) is 5.86. The molecule has 2 aromatic carbocycles. The third-order valence-electron chi connectivity index (χ3n) is 4.38. The molecule has 0 aliphatic heterocycles. The molecule has 8 heteroatoms. The summed E-state index contributed by atoms with van der Waals surface area (Å²) in [5.74, 6) is 1.62. The molecule has 3 aromatic rings. The van der Waals surface area contributed by atoms with Crippen molar-refractivity contribution in [1.29, 1.82) is 0 Å². The van der Waals surface area contributed by atoms with Crippen LogP contribution in [0.4, 0.5) is 10.1 Å². The van der Waals surface area contributed by atoms with Crippen LogP contribution in [-0.2, 0) is 11.3 Å². The summed E-state index contributed by atoms with van der Waals surface area (Å²) in [6.45, 7) is 0.888. The van der Waals surface area contributed by atoms with Crippen molar-refractivity contribution >= 4 is 23.2 Å². The maximum absolute atomic E-state index is 12.6. The molecule has 0 aliphatic carbocycles. The number of nitrogens with zero attached hydrogens (tertiary/aromatic N) is 2. The van der Waals surface area contributed by atoms with Crippen molar-refractivity contribution in [2.24, 2.45) is 0 Å². The Morgan fingerprint density at radius 3 is 2.55 bits per heavy atom. The fraction of sp³-hybridized carbons (Fsp3) is 0.217. The van der Waals surface area contributed by atoms with Crippen molar-refractivity contribution in [3.8, 4) is 23.1 Å². The first kappa shape index (κ1) is 22.4. The summed E-state index contributed by atoms with van der Waals surface area (Å²) < 4.78 is 29.4. The molecule has 3 rings (SSSR count). The van der Waals surface area contributed by atoms with Crippen molar-refractivity contribution in [2.75, 3.05) is 25.3 Å². The molecule has 0 spiro atoms. The number of aromatic nitrogens is 1. The van der Waals surface area contributed by atoms with Crippen LogP contribution in [0.5, 0.6) is 23.1 Å². The van der Waals surface area contributed by atoms with E-state index in [9.17, 15) is 9.18 Å². The summed E-state index contributed by atoms with van der Waals surface area (Å²) in [7, 11) is 1.54. The molecule has 31 heavy (non-hydrogen) atoms. The van der Waals surface area contributed by atoms with Gasteiger partial charge in [0.1, 0.15) is 36.2 Å². The molecular weight excluding hydrogens is 422 g/mol. The number of alkyl halides is 1. The Hall–Kier alpha value is -3.32. The molecule has 0 atom stereocenters. The first-order valence-corrected chi connectivity index (χ1v) is 9.92. The van der Waals surface area contributed by atoms with Gasteiger partial charge in [0.05, 0.1) is 13.7 Å². The fourth-order valence-corrected chi connectivity index (χ4v) is 3.04. The van der Waals surface area contributed by atoms with Crippen LogP contribution in [0.2, 0.25) is 5.02 Å². The van der Waals surface area contributed by atoms with Crippen molar-refractivity contribution in [3.63, 3.8) is 0 Å². The van der Waals surface area contributed by atoms with Crippen LogP contribution in [0.25, 0.3) is 0 Å². The number of anilines is 1. The van der Waals surface area contributed by atoms with E-state index in [1.165, 1.54) is 11.8 Å². The van der Waals surface area contributed by atoms with E-state index in [0.717, 1.165) is 0 Å². The lowest BCUT2D eigenvalue weighted by Crippen LogP contribution is -2.28. The van der Waals surface area contributed by atoms with Gasteiger partial charge in [0.25, 0.3) is 0 Å². The molecule has 162 valence electrons. The summed E-state index contributed by atoms with van der Waals surface area (Å²) >= 11 is 5.93. The van der Waals surface area contributed by atoms with E-state index in [0.29, 0.717) is 33.5 Å². The first-order valence-electron chi connectivity index (χ1n) is 9.54. The average Bonchev–Trinajstić information content (AvgIpc) is 2.78. The van der Waals surface area contributed by atoms with Gasteiger partial charge in [0.2, 0.25) is 11.8 Å². The summed E-state index contributed by atoms with van der Waals surface area (Å²) in [5, 5.41) is 0.581. The highest BCUT2D eigenvalue weighted by Crippen LogP contribution is 2.33. The number of methoxy groups -OCH3 is 1. The second kappa shape index (κ2) is 10.6. The zero-order valence-corrected chi connectivity index (χ0v) is 17.9. The highest BCUT2D eigenvalue weighted by atomic mass is 35.5. The molecule has 0 N–H and O–H groups in total. The van der Waals surface area contributed by atoms with Crippen LogP contribution < -0.4 is 19.1 Å². The second-order valence-electron chi connectivity index (χ2n) is 6.50. The number of rotatable bonds is 9. The Morgan fingerprint density at radius 2 is 1.87 bits per heavy atom. The maximum atomic E-state index is 12.6. The van der Waals surface area contributed by atoms with Gasteiger partial charge >= 0.3 is 0 Å². The van der Waals surface area contributed by atoms with E-state index >= 15 is 0 Å². The minimum atomic E-state index is -0.621. The molecule has 6 nitrogen and oxygen atoms in total. The van der Waals surface area contributed by atoms with Crippen LogP contribution in [0, 0.1) is 0 Å². The minimum absolute atomic E-state index is 0.0861. The molecule has 1 heterocycles. The smallest absolute Gasteiger partial charge is 0.243 e. The number of hydrogen-bond donors (Lipinski definition) is 0. The SMILES string of the molecule is COc1ccc(OCC[18F])c(CN(C(C)=O)c2cccnc2Oc2ccc(Cl)cc2)c1. The Bertz CT molecular complexity index is 1030. The number of hydrogen-bond acceptors (Lipinski definition) is 5. The molecule has 0 saturated heterocycles. The Balaban J connectivity index is 1.95. The normalized spacial score (nSPS) is 10.5. The van der Waals surface area contributed by atoms with E-state index in [1.807, 2.05) is 0 Å². The number of carbonyl (C=O) groups is 1. The van der Waals surface area contributed by atoms with E-state index < -0.39 is 6.67 Å². The Labute approximate surface area is 185 Å². The predicted octanol–water partition coefficient (Wildman–Crippen LogP) is 5.44. The van der Waals surface area contributed by atoms with Gasteiger partial charge in [-0.3, -0.25) is 4.79 Å². The number of pyridine rings is 1. The highest BCUT2D eigenvalue weighted by molar-refractivity contribution is 6.30. The number of halogens is 2. The van der Waals surface area contributed by atoms with Crippen molar-refractivity contribution in [3.05, 3.63) is 71.4 Å². The van der Waals surface area contributed by atoms with E-state index in [4.69, 9.17) is 25.8 Å². The average molecular weight is 444 g/mol. The molecule has 0 saturated carbocycles. The van der Waals surface area contributed by atoms with Gasteiger partial charge in [-0.1, -0.05) is 11.6 Å². The molecule has 0 unspecified atom stereocenters. The first-order chi connectivity index (χ1) is 15.0. The van der Waals surface area contributed by atoms with Gasteiger partial charge in [-0.15, -0.1) is 0 Å². The van der Waals surface area contributed by atoms with E-state index in [1.54, 1.807) is 67.9 Å². The van der Waals surface area contributed by atoms with Crippen molar-refractivity contribution in [1.82, 2.24) is 4.98 Å². The summed E-state index contributed by atoms with van der Waals surface area (Å²) in [6.07, 6.45) is 1.58. The third-order valence-corrected chi connectivity index (χ3v) is 4.63. The monoisotopic (exact) mass is 443 g/mol. The molecule has 0 aliphatic rings. The number of benzene rings is 2. The van der Waals surface area contributed by atoms with Crippen LogP contribution in [-0.4, -0.2) is 31.3 Å². The largest absolute Gasteiger partial charge is 0.497 e. The predicted molar refractivity (Wildman–Crippen MR) is 117 cm³/mol. The maximum Gasteiger partial charge on any atom is 0.243 e. The minimum Gasteiger partial charge on any atom is -0.497 e. The van der Waals surface area contributed by atoms with Gasteiger partial charge in [-0.2, -0.15) is 0 Å². The van der Waals surface area contributed by atoms with Crippen LogP contribution in [0.1, 0.15) is 12.5 Å². The summed E-state index contributed by atoms with van der Waals surface area (Å²) in [5.41, 5.74) is 1.13. The topological polar surface area (TPSA) is 60.9 Å². The van der Waals surface area contributed by atoms with Crippen LogP contribution >= 0.6 is 11.6 Å². The molecule has 1 aromatic heterocycles. The highest BCUT2D eigenvalue weighted by Gasteiger charge is 2.20. The lowest BCUT2D eigenvalue weighted by atomic mass is 10.1. The Morgan fingerprint density at radius 1 is 1.13 bits per heavy atom. The zero-order chi connectivity index (χ0) is 22.2. The van der Waals surface area contributed by atoms with Gasteiger partial charge in [-0.25, -0.2) is 9.37 Å². The summed E-state index contributed by atoms with van der Waals surface area (Å²) in [6, 6.07) is 15.4. The molecule has 0 fully saturated rings. The second-order valence-corrected chi connectivity index (χ2v) is 6.94. The quantitative estimate of drug-likeness (QED) is 0.441. The zero-order valence-electron chi connectivity index (χ0n) is 17.2. The van der Waals surface area contributed by atoms with E-state index in [-0.39, 0.29) is 24.9 Å². The van der Waals surface area contributed by atoms with E-state index in [2.05, 4.69) is 4.98 Å². The van der Waals surface area contributed by atoms with Gasteiger partial charge in [-0.05, 0) is 54.6 Å². The van der Waals surface area contributed by atoms with Gasteiger partial charge < -0.3 is 19.1 Å². The van der Waals surface area contributed by atoms with Crippen molar-refractivity contribution in [2.45, 2.75) is 13.5 Å². The van der Waals surface area contributed by atoms with Crippen LogP contribution in [0.15, 0.2) is 60.8 Å². The summed E-state index contributed by atoms with van der Waals surface area (Å²) in [4.78, 5) is 18.4. The molecular formula is C23H22ClFN2O4. The lowest BCUT2D eigenvalue weighted by Gasteiger charge is -2.24.